The molecule has 3 N–H and O–H groups in total. The van der Waals surface area contributed by atoms with E-state index < -0.39 is 10.0 Å². The molecule has 6 nitrogen and oxygen atoms in total. The minimum atomic E-state index is -3.24. The molecule has 1 heterocycles. The lowest BCUT2D eigenvalue weighted by Crippen LogP contribution is -2.51. The quantitative estimate of drug-likeness (QED) is 0.773. The van der Waals surface area contributed by atoms with Gasteiger partial charge in [-0.2, -0.15) is 0 Å². The largest absolute Gasteiger partial charge is 0.341 e. The summed E-state index contributed by atoms with van der Waals surface area (Å²) in [5.41, 5.74) is 5.81. The summed E-state index contributed by atoms with van der Waals surface area (Å²) in [6.07, 6.45) is 3.47. The summed E-state index contributed by atoms with van der Waals surface area (Å²) >= 11 is 0. The summed E-state index contributed by atoms with van der Waals surface area (Å²) in [5.74, 6) is -0.144. The summed E-state index contributed by atoms with van der Waals surface area (Å²) in [7, 11) is -3.24. The lowest BCUT2D eigenvalue weighted by molar-refractivity contribution is -0.137. The molecule has 21 heavy (non-hydrogen) atoms. The number of likely N-dealkylation sites (tertiary alicyclic amines) is 1. The van der Waals surface area contributed by atoms with Crippen molar-refractivity contribution in [3.63, 3.8) is 0 Å². The predicted octanol–water partition coefficient (Wildman–Crippen LogP) is 0.538. The summed E-state index contributed by atoms with van der Waals surface area (Å²) < 4.78 is 25.2. The molecular weight excluding hydrogens is 290 g/mol. The van der Waals surface area contributed by atoms with E-state index in [0.29, 0.717) is 19.6 Å². The molecule has 0 aliphatic carbocycles. The lowest BCUT2D eigenvalue weighted by Gasteiger charge is -2.36. The van der Waals surface area contributed by atoms with Crippen LogP contribution in [0, 0.1) is 11.3 Å². The van der Waals surface area contributed by atoms with E-state index in [1.807, 2.05) is 0 Å². The van der Waals surface area contributed by atoms with Gasteiger partial charge in [0.05, 0.1) is 12.2 Å². The van der Waals surface area contributed by atoms with Gasteiger partial charge in [0.2, 0.25) is 15.9 Å². The number of rotatable bonds is 5. The van der Waals surface area contributed by atoms with Crippen LogP contribution in [0.4, 0.5) is 0 Å². The Morgan fingerprint density at radius 2 is 2.05 bits per heavy atom. The highest BCUT2D eigenvalue weighted by molar-refractivity contribution is 7.88. The maximum atomic E-state index is 12.6. The Kier molecular flexibility index (Phi) is 6.19. The van der Waals surface area contributed by atoms with Crippen molar-refractivity contribution in [1.29, 1.82) is 0 Å². The fourth-order valence-corrected chi connectivity index (χ4v) is 3.64. The van der Waals surface area contributed by atoms with Crippen molar-refractivity contribution in [3.8, 4) is 0 Å². The minimum Gasteiger partial charge on any atom is -0.341 e. The zero-order chi connectivity index (χ0) is 16.3. The van der Waals surface area contributed by atoms with Gasteiger partial charge < -0.3 is 10.6 Å². The maximum Gasteiger partial charge on any atom is 0.227 e. The molecule has 2 unspecified atom stereocenters. The molecule has 1 aliphatic heterocycles. The number of amides is 1. The van der Waals surface area contributed by atoms with E-state index in [9.17, 15) is 13.2 Å². The van der Waals surface area contributed by atoms with Gasteiger partial charge in [-0.15, -0.1) is 0 Å². The second-order valence-corrected chi connectivity index (χ2v) is 8.99. The zero-order valence-corrected chi connectivity index (χ0v) is 14.4. The molecule has 2 atom stereocenters. The Hall–Kier alpha value is -0.660. The average molecular weight is 319 g/mol. The average Bonchev–Trinajstić information content (AvgIpc) is 2.32. The van der Waals surface area contributed by atoms with Crippen molar-refractivity contribution in [2.75, 3.05) is 25.9 Å². The topological polar surface area (TPSA) is 92.5 Å². The monoisotopic (exact) mass is 319 g/mol. The Morgan fingerprint density at radius 3 is 2.52 bits per heavy atom. The van der Waals surface area contributed by atoms with Crippen LogP contribution in [0.2, 0.25) is 0 Å². The van der Waals surface area contributed by atoms with Crippen LogP contribution in [-0.4, -0.2) is 51.2 Å². The van der Waals surface area contributed by atoms with Crippen molar-refractivity contribution in [3.05, 3.63) is 0 Å². The molecule has 0 radical (unpaired) electrons. The van der Waals surface area contributed by atoms with Gasteiger partial charge in [-0.3, -0.25) is 4.79 Å². The van der Waals surface area contributed by atoms with E-state index in [2.05, 4.69) is 25.5 Å². The number of nitrogens with two attached hydrogens (primary N) is 1. The van der Waals surface area contributed by atoms with Crippen molar-refractivity contribution in [1.82, 2.24) is 9.62 Å². The van der Waals surface area contributed by atoms with Crippen LogP contribution in [0.25, 0.3) is 0 Å². The molecule has 1 rings (SSSR count). The van der Waals surface area contributed by atoms with Gasteiger partial charge in [0.15, 0.2) is 0 Å². The van der Waals surface area contributed by atoms with Crippen LogP contribution in [-0.2, 0) is 14.8 Å². The Balaban J connectivity index is 2.68. The molecule has 124 valence electrons. The number of hydrogen-bond donors (Lipinski definition) is 2. The summed E-state index contributed by atoms with van der Waals surface area (Å²) in [6.45, 7) is 7.72. The molecular formula is C14H29N3O3S. The van der Waals surface area contributed by atoms with E-state index in [0.717, 1.165) is 25.5 Å². The van der Waals surface area contributed by atoms with Crippen LogP contribution in [0.3, 0.4) is 0 Å². The number of nitrogens with one attached hydrogen (secondary N) is 1. The predicted molar refractivity (Wildman–Crippen MR) is 84.2 cm³/mol. The zero-order valence-electron chi connectivity index (χ0n) is 13.6. The first-order valence-electron chi connectivity index (χ1n) is 7.48. The first kappa shape index (κ1) is 18.4. The highest BCUT2D eigenvalue weighted by atomic mass is 32.2. The van der Waals surface area contributed by atoms with Crippen LogP contribution in [0.1, 0.15) is 40.0 Å². The van der Waals surface area contributed by atoms with Gasteiger partial charge in [-0.05, 0) is 24.7 Å². The molecule has 1 amide bonds. The van der Waals surface area contributed by atoms with Crippen molar-refractivity contribution < 1.29 is 13.2 Å². The summed E-state index contributed by atoms with van der Waals surface area (Å²) in [6, 6.07) is -0.189. The third kappa shape index (κ3) is 6.76. The molecule has 1 fully saturated rings. The van der Waals surface area contributed by atoms with Crippen molar-refractivity contribution >= 4 is 15.9 Å². The molecule has 1 saturated heterocycles. The number of sulfonamides is 1. The van der Waals surface area contributed by atoms with Gasteiger partial charge in [0.25, 0.3) is 0 Å². The first-order valence-corrected chi connectivity index (χ1v) is 9.37. The summed E-state index contributed by atoms with van der Waals surface area (Å²) in [4.78, 5) is 14.3. The third-order valence-electron chi connectivity index (χ3n) is 3.61. The Bertz CT molecular complexity index is 457. The molecule has 1 aliphatic rings. The van der Waals surface area contributed by atoms with Crippen LogP contribution in [0.5, 0.6) is 0 Å². The van der Waals surface area contributed by atoms with Gasteiger partial charge in [0.1, 0.15) is 0 Å². The number of hydrogen-bond acceptors (Lipinski definition) is 4. The molecule has 0 saturated carbocycles. The first-order chi connectivity index (χ1) is 9.52. The Morgan fingerprint density at radius 1 is 1.43 bits per heavy atom. The second kappa shape index (κ2) is 7.07. The molecule has 0 aromatic carbocycles. The van der Waals surface area contributed by atoms with E-state index in [1.54, 1.807) is 4.90 Å². The van der Waals surface area contributed by atoms with Gasteiger partial charge in [-0.1, -0.05) is 20.8 Å². The fraction of sp³-hybridized carbons (Fsp3) is 0.929. The van der Waals surface area contributed by atoms with Gasteiger partial charge in [0, 0.05) is 25.7 Å². The lowest BCUT2D eigenvalue weighted by atomic mass is 9.84. The van der Waals surface area contributed by atoms with Crippen LogP contribution in [0.15, 0.2) is 0 Å². The smallest absolute Gasteiger partial charge is 0.227 e. The van der Waals surface area contributed by atoms with Gasteiger partial charge >= 0.3 is 0 Å². The van der Waals surface area contributed by atoms with E-state index in [4.69, 9.17) is 5.73 Å². The van der Waals surface area contributed by atoms with E-state index >= 15 is 0 Å². The van der Waals surface area contributed by atoms with Crippen molar-refractivity contribution in [2.24, 2.45) is 17.1 Å². The highest BCUT2D eigenvalue weighted by Gasteiger charge is 2.31. The van der Waals surface area contributed by atoms with Crippen LogP contribution < -0.4 is 10.5 Å². The van der Waals surface area contributed by atoms with Crippen molar-refractivity contribution in [2.45, 2.75) is 46.1 Å². The standard InChI is InChI=1S/C14H29N3O3S/c1-14(2,3)8-11(9-15)13(18)17-7-5-6-12(10-17)16-21(4,19)20/h11-12,16H,5-10,15H2,1-4H3. The number of nitrogens with zero attached hydrogens (tertiary/aromatic N) is 1. The molecule has 0 bridgehead atoms. The Labute approximate surface area is 128 Å². The highest BCUT2D eigenvalue weighted by Crippen LogP contribution is 2.26. The number of piperidine rings is 1. The third-order valence-corrected chi connectivity index (χ3v) is 4.37. The molecule has 7 heteroatoms. The van der Waals surface area contributed by atoms with E-state index in [1.165, 1.54) is 0 Å². The SMILES string of the molecule is CC(C)(C)CC(CN)C(=O)N1CCCC(NS(C)(=O)=O)C1. The fourth-order valence-electron chi connectivity index (χ4n) is 2.85. The maximum absolute atomic E-state index is 12.6. The minimum absolute atomic E-state index is 0.0416. The summed E-state index contributed by atoms with van der Waals surface area (Å²) in [5, 5.41) is 0. The second-order valence-electron chi connectivity index (χ2n) is 7.21. The normalized spacial score (nSPS) is 22.1. The van der Waals surface area contributed by atoms with Crippen LogP contribution >= 0.6 is 0 Å². The van der Waals surface area contributed by atoms with E-state index in [-0.39, 0.29) is 23.3 Å². The molecule has 0 aromatic heterocycles. The number of carbonyl (C=O) groups is 1. The molecule has 0 spiro atoms. The number of carbonyl (C=O) groups excluding carboxylic acids is 1. The van der Waals surface area contributed by atoms with Gasteiger partial charge in [-0.25, -0.2) is 13.1 Å². The molecule has 0 aromatic rings.